The van der Waals surface area contributed by atoms with Gasteiger partial charge in [0.1, 0.15) is 12.1 Å². The van der Waals surface area contributed by atoms with E-state index in [1.807, 2.05) is 23.4 Å². The Morgan fingerprint density at radius 2 is 2.21 bits per heavy atom. The average molecular weight is 277 g/mol. The molecule has 2 rings (SSSR count). The molecule has 4 heteroatoms. The smallest absolute Gasteiger partial charge is 0.150 e. The third-order valence-electron chi connectivity index (χ3n) is 3.23. The number of nitrogens with zero attached hydrogens (tertiary/aromatic N) is 1. The van der Waals surface area contributed by atoms with Crippen LogP contribution < -0.4 is 4.90 Å². The molecule has 100 valence electrons. The van der Waals surface area contributed by atoms with E-state index in [-0.39, 0.29) is 11.9 Å². The number of likely N-dealkylation sites (N-methyl/N-ethyl adjacent to an activating group) is 1. The van der Waals surface area contributed by atoms with Gasteiger partial charge in [0.2, 0.25) is 0 Å². The molecule has 2 nitrogen and oxygen atoms in total. The first-order valence-corrected chi connectivity index (χ1v) is 6.99. The van der Waals surface area contributed by atoms with Crippen LogP contribution >= 0.6 is 11.3 Å². The number of benzene rings is 1. The minimum absolute atomic E-state index is 0.190. The number of carbonyl (C=O) groups is 1. The lowest BCUT2D eigenvalue weighted by molar-refractivity contribution is 0.112. The van der Waals surface area contributed by atoms with E-state index in [1.165, 1.54) is 10.9 Å². The fraction of sp³-hybridized carbons (Fsp3) is 0.267. The van der Waals surface area contributed by atoms with Crippen molar-refractivity contribution >= 4 is 23.3 Å². The zero-order valence-electron chi connectivity index (χ0n) is 11.0. The van der Waals surface area contributed by atoms with Gasteiger partial charge in [0.25, 0.3) is 0 Å². The summed E-state index contributed by atoms with van der Waals surface area (Å²) in [5, 5.41) is 2.04. The summed E-state index contributed by atoms with van der Waals surface area (Å²) in [6.45, 7) is 2.06. The van der Waals surface area contributed by atoms with Crippen molar-refractivity contribution in [2.75, 3.05) is 11.9 Å². The number of hydrogen-bond donors (Lipinski definition) is 0. The van der Waals surface area contributed by atoms with E-state index in [2.05, 4.69) is 13.0 Å². The Hall–Kier alpha value is -1.68. The van der Waals surface area contributed by atoms with E-state index in [0.717, 1.165) is 6.42 Å². The Balaban J connectivity index is 2.14. The molecule has 0 aliphatic carbocycles. The van der Waals surface area contributed by atoms with E-state index in [1.54, 1.807) is 23.5 Å². The van der Waals surface area contributed by atoms with E-state index in [9.17, 15) is 9.18 Å². The zero-order valence-corrected chi connectivity index (χ0v) is 11.8. The molecule has 0 bridgehead atoms. The van der Waals surface area contributed by atoms with Crippen molar-refractivity contribution in [1.29, 1.82) is 0 Å². The van der Waals surface area contributed by atoms with Gasteiger partial charge in [0.15, 0.2) is 0 Å². The molecule has 0 saturated carbocycles. The first kappa shape index (κ1) is 13.7. The van der Waals surface area contributed by atoms with Crippen molar-refractivity contribution in [1.82, 2.24) is 0 Å². The third kappa shape index (κ3) is 3.20. The monoisotopic (exact) mass is 277 g/mol. The maximum absolute atomic E-state index is 13.9. The zero-order chi connectivity index (χ0) is 13.8. The van der Waals surface area contributed by atoms with Crippen LogP contribution in [0.15, 0.2) is 35.7 Å². The molecule has 0 radical (unpaired) electrons. The Morgan fingerprint density at radius 3 is 2.79 bits per heavy atom. The highest BCUT2D eigenvalue weighted by Crippen LogP contribution is 2.23. The lowest BCUT2D eigenvalue weighted by Gasteiger charge is -2.27. The number of thiophene rings is 1. The largest absolute Gasteiger partial charge is 0.369 e. The van der Waals surface area contributed by atoms with Crippen LogP contribution in [0, 0.1) is 5.82 Å². The maximum atomic E-state index is 13.9. The van der Waals surface area contributed by atoms with Crippen LogP contribution in [0.1, 0.15) is 22.2 Å². The number of hydrogen-bond acceptors (Lipinski definition) is 3. The molecule has 0 amide bonds. The topological polar surface area (TPSA) is 20.3 Å². The van der Waals surface area contributed by atoms with Crippen molar-refractivity contribution in [2.24, 2.45) is 0 Å². The summed E-state index contributed by atoms with van der Waals surface area (Å²) >= 11 is 1.71. The lowest BCUT2D eigenvalue weighted by atomic mass is 10.1. The predicted octanol–water partition coefficient (Wildman–Crippen LogP) is 3.77. The highest BCUT2D eigenvalue weighted by molar-refractivity contribution is 7.09. The number of rotatable bonds is 5. The normalized spacial score (nSPS) is 12.2. The second kappa shape index (κ2) is 5.97. The molecule has 19 heavy (non-hydrogen) atoms. The van der Waals surface area contributed by atoms with E-state index in [0.29, 0.717) is 17.5 Å². The van der Waals surface area contributed by atoms with Gasteiger partial charge < -0.3 is 4.90 Å². The summed E-state index contributed by atoms with van der Waals surface area (Å²) in [7, 11) is 1.87. The molecule has 0 fully saturated rings. The van der Waals surface area contributed by atoms with Gasteiger partial charge in [0, 0.05) is 30.0 Å². The van der Waals surface area contributed by atoms with Gasteiger partial charge in [-0.3, -0.25) is 4.79 Å². The minimum Gasteiger partial charge on any atom is -0.369 e. The van der Waals surface area contributed by atoms with Gasteiger partial charge in [0.05, 0.1) is 5.69 Å². The molecule has 2 aromatic rings. The number of carbonyl (C=O) groups excluding carboxylic acids is 1. The van der Waals surface area contributed by atoms with Crippen LogP contribution in [0.2, 0.25) is 0 Å². The molecule has 0 spiro atoms. The summed E-state index contributed by atoms with van der Waals surface area (Å²) < 4.78 is 13.9. The number of anilines is 1. The quantitative estimate of drug-likeness (QED) is 0.775. The first-order chi connectivity index (χ1) is 9.11. The van der Waals surface area contributed by atoms with Crippen molar-refractivity contribution in [2.45, 2.75) is 19.4 Å². The summed E-state index contributed by atoms with van der Waals surface area (Å²) in [6, 6.07) is 8.86. The second-order valence-electron chi connectivity index (χ2n) is 4.57. The summed E-state index contributed by atoms with van der Waals surface area (Å²) in [5.41, 5.74) is 0.884. The molecule has 1 aromatic carbocycles. The number of halogens is 1. The molecular weight excluding hydrogens is 261 g/mol. The molecule has 1 aromatic heterocycles. The van der Waals surface area contributed by atoms with Crippen molar-refractivity contribution in [3.05, 3.63) is 52.0 Å². The fourth-order valence-corrected chi connectivity index (χ4v) is 2.80. The molecule has 0 aliphatic rings. The molecular formula is C15H16FNOS. The van der Waals surface area contributed by atoms with Crippen LogP contribution in [-0.4, -0.2) is 19.4 Å². The lowest BCUT2D eigenvalue weighted by Crippen LogP contribution is -2.31. The van der Waals surface area contributed by atoms with Gasteiger partial charge in [-0.2, -0.15) is 0 Å². The van der Waals surface area contributed by atoms with Gasteiger partial charge in [-0.25, -0.2) is 4.39 Å². The molecule has 0 aliphatic heterocycles. The van der Waals surface area contributed by atoms with Gasteiger partial charge in [-0.15, -0.1) is 11.3 Å². The number of aldehydes is 1. The van der Waals surface area contributed by atoms with Crippen LogP contribution in [-0.2, 0) is 6.42 Å². The Labute approximate surface area is 116 Å². The van der Waals surface area contributed by atoms with E-state index >= 15 is 0 Å². The van der Waals surface area contributed by atoms with Gasteiger partial charge >= 0.3 is 0 Å². The fourth-order valence-electron chi connectivity index (χ4n) is 1.98. The highest BCUT2D eigenvalue weighted by Gasteiger charge is 2.15. The molecule has 0 N–H and O–H groups in total. The van der Waals surface area contributed by atoms with Crippen LogP contribution in [0.3, 0.4) is 0 Å². The van der Waals surface area contributed by atoms with Crippen LogP contribution in [0.25, 0.3) is 0 Å². The van der Waals surface area contributed by atoms with Crippen LogP contribution in [0.4, 0.5) is 10.1 Å². The van der Waals surface area contributed by atoms with Gasteiger partial charge in [-0.1, -0.05) is 6.07 Å². The van der Waals surface area contributed by atoms with Gasteiger partial charge in [-0.05, 0) is 36.6 Å². The summed E-state index contributed by atoms with van der Waals surface area (Å²) in [6.07, 6.45) is 1.53. The molecule has 1 heterocycles. The van der Waals surface area contributed by atoms with E-state index in [4.69, 9.17) is 0 Å². The van der Waals surface area contributed by atoms with Crippen LogP contribution in [0.5, 0.6) is 0 Å². The van der Waals surface area contributed by atoms with Crippen molar-refractivity contribution < 1.29 is 9.18 Å². The third-order valence-corrected chi connectivity index (χ3v) is 4.12. The summed E-state index contributed by atoms with van der Waals surface area (Å²) in [4.78, 5) is 13.8. The highest BCUT2D eigenvalue weighted by atomic mass is 32.1. The minimum atomic E-state index is -0.356. The summed E-state index contributed by atoms with van der Waals surface area (Å²) in [5.74, 6) is -0.356. The SMILES string of the molecule is CC(Cc1cccs1)N(C)c1ccc(C=O)cc1F. The standard InChI is InChI=1S/C15H16FNOS/c1-11(8-13-4-3-7-19-13)17(2)15-6-5-12(10-18)9-14(15)16/h3-7,9-11H,8H2,1-2H3. The molecule has 1 atom stereocenters. The van der Waals surface area contributed by atoms with Crippen molar-refractivity contribution in [3.63, 3.8) is 0 Å². The average Bonchev–Trinajstić information content (AvgIpc) is 2.90. The molecule has 1 unspecified atom stereocenters. The van der Waals surface area contributed by atoms with E-state index < -0.39 is 0 Å². The predicted molar refractivity (Wildman–Crippen MR) is 77.7 cm³/mol. The Bertz CT molecular complexity index is 553. The second-order valence-corrected chi connectivity index (χ2v) is 5.60. The Morgan fingerprint density at radius 1 is 1.42 bits per heavy atom. The Kier molecular flexibility index (Phi) is 4.32. The van der Waals surface area contributed by atoms with Crippen molar-refractivity contribution in [3.8, 4) is 0 Å². The first-order valence-electron chi connectivity index (χ1n) is 6.11. The maximum Gasteiger partial charge on any atom is 0.150 e. The molecule has 0 saturated heterocycles.